The molecule has 20 heavy (non-hydrogen) atoms. The summed E-state index contributed by atoms with van der Waals surface area (Å²) in [6.07, 6.45) is 5.06. The first-order chi connectivity index (χ1) is 9.65. The van der Waals surface area contributed by atoms with Gasteiger partial charge in [-0.25, -0.2) is 4.79 Å². The molecule has 0 aliphatic carbocycles. The molecular formula is C14H17N5O. The maximum Gasteiger partial charge on any atom is 0.316 e. The van der Waals surface area contributed by atoms with E-state index in [1.165, 1.54) is 0 Å². The van der Waals surface area contributed by atoms with Crippen molar-refractivity contribution < 1.29 is 4.79 Å². The average Bonchev–Trinajstić information content (AvgIpc) is 2.46. The van der Waals surface area contributed by atoms with Gasteiger partial charge in [0.15, 0.2) is 0 Å². The van der Waals surface area contributed by atoms with Crippen LogP contribution in [0, 0.1) is 0 Å². The minimum Gasteiger partial charge on any atom is -0.351 e. The Kier molecular flexibility index (Phi) is 4.62. The first kappa shape index (κ1) is 14.0. The van der Waals surface area contributed by atoms with E-state index in [1.54, 1.807) is 18.6 Å². The second kappa shape index (κ2) is 6.63. The Morgan fingerprint density at radius 2 is 2.05 bits per heavy atom. The Hall–Kier alpha value is -2.47. The van der Waals surface area contributed by atoms with Crippen molar-refractivity contribution in [2.45, 2.75) is 19.5 Å². The van der Waals surface area contributed by atoms with Crippen LogP contribution in [-0.2, 0) is 6.54 Å². The van der Waals surface area contributed by atoms with Crippen molar-refractivity contribution in [1.29, 1.82) is 0 Å². The normalized spacial score (nSPS) is 11.8. The summed E-state index contributed by atoms with van der Waals surface area (Å²) in [6, 6.07) is 7.13. The second-order valence-corrected chi connectivity index (χ2v) is 4.41. The maximum absolute atomic E-state index is 10.7. The highest BCUT2D eigenvalue weighted by Crippen LogP contribution is 2.16. The molecule has 0 saturated heterocycles. The summed E-state index contributed by atoms with van der Waals surface area (Å²) in [5, 5.41) is 5.89. The van der Waals surface area contributed by atoms with Crippen molar-refractivity contribution in [3.63, 3.8) is 0 Å². The van der Waals surface area contributed by atoms with Gasteiger partial charge in [-0.3, -0.25) is 9.97 Å². The summed E-state index contributed by atoms with van der Waals surface area (Å²) in [4.78, 5) is 19.0. The number of aromatic nitrogens is 2. The topological polar surface area (TPSA) is 92.9 Å². The fourth-order valence-corrected chi connectivity index (χ4v) is 1.79. The van der Waals surface area contributed by atoms with E-state index in [-0.39, 0.29) is 6.04 Å². The van der Waals surface area contributed by atoms with Gasteiger partial charge < -0.3 is 16.4 Å². The average molecular weight is 271 g/mol. The van der Waals surface area contributed by atoms with Gasteiger partial charge in [-0.15, -0.1) is 0 Å². The first-order valence-corrected chi connectivity index (χ1v) is 6.30. The molecule has 0 aliphatic heterocycles. The van der Waals surface area contributed by atoms with Crippen molar-refractivity contribution in [3.05, 3.63) is 54.1 Å². The summed E-state index contributed by atoms with van der Waals surface area (Å²) in [5.41, 5.74) is 7.75. The van der Waals surface area contributed by atoms with E-state index >= 15 is 0 Å². The number of carbonyl (C=O) groups is 1. The van der Waals surface area contributed by atoms with Crippen LogP contribution in [-0.4, -0.2) is 16.0 Å². The lowest BCUT2D eigenvalue weighted by molar-refractivity contribution is 0.259. The molecule has 1 aromatic carbocycles. The van der Waals surface area contributed by atoms with Gasteiger partial charge in [-0.05, 0) is 24.6 Å². The third-order valence-corrected chi connectivity index (χ3v) is 2.88. The van der Waals surface area contributed by atoms with Gasteiger partial charge in [0.25, 0.3) is 0 Å². The predicted octanol–water partition coefficient (Wildman–Crippen LogP) is 1.82. The number of amides is 2. The second-order valence-electron chi connectivity index (χ2n) is 4.41. The summed E-state index contributed by atoms with van der Waals surface area (Å²) < 4.78 is 0. The number of hydrogen-bond acceptors (Lipinski definition) is 4. The fourth-order valence-electron chi connectivity index (χ4n) is 1.79. The van der Waals surface area contributed by atoms with Crippen LogP contribution in [0.2, 0.25) is 0 Å². The highest BCUT2D eigenvalue weighted by molar-refractivity contribution is 5.87. The number of rotatable bonds is 5. The third kappa shape index (κ3) is 4.03. The largest absolute Gasteiger partial charge is 0.351 e. The van der Waals surface area contributed by atoms with E-state index in [0.29, 0.717) is 12.2 Å². The number of carbonyl (C=O) groups excluding carboxylic acids is 1. The predicted molar refractivity (Wildman–Crippen MR) is 76.9 cm³/mol. The maximum atomic E-state index is 10.7. The lowest BCUT2D eigenvalue weighted by atomic mass is 10.1. The molecule has 1 atom stereocenters. The van der Waals surface area contributed by atoms with Crippen molar-refractivity contribution >= 4 is 11.7 Å². The zero-order valence-electron chi connectivity index (χ0n) is 11.2. The van der Waals surface area contributed by atoms with Gasteiger partial charge in [0.05, 0.1) is 5.69 Å². The van der Waals surface area contributed by atoms with Gasteiger partial charge in [-0.2, -0.15) is 0 Å². The monoisotopic (exact) mass is 271 g/mol. The Labute approximate surface area is 117 Å². The highest BCUT2D eigenvalue weighted by Gasteiger charge is 2.05. The number of benzene rings is 1. The standard InChI is InChI=1S/C14H17N5O/c1-10(18-9-13-8-16-6-7-17-13)11-2-4-12(5-3-11)19-14(15)20/h2-8,10,18H,9H2,1H3,(H3,15,19,20). The zero-order chi connectivity index (χ0) is 14.4. The van der Waals surface area contributed by atoms with Crippen LogP contribution in [0.5, 0.6) is 0 Å². The molecule has 0 bridgehead atoms. The van der Waals surface area contributed by atoms with Gasteiger partial charge >= 0.3 is 6.03 Å². The molecular weight excluding hydrogens is 254 g/mol. The number of nitrogens with one attached hydrogen (secondary N) is 2. The molecule has 0 aliphatic rings. The van der Waals surface area contributed by atoms with Crippen molar-refractivity contribution in [2.24, 2.45) is 5.73 Å². The van der Waals surface area contributed by atoms with E-state index in [1.807, 2.05) is 24.3 Å². The number of nitrogens with zero attached hydrogens (tertiary/aromatic N) is 2. The Bertz CT molecular complexity index is 556. The van der Waals surface area contributed by atoms with Gasteiger partial charge in [0, 0.05) is 36.9 Å². The molecule has 2 rings (SSSR count). The molecule has 0 fully saturated rings. The molecule has 0 radical (unpaired) electrons. The smallest absolute Gasteiger partial charge is 0.316 e. The van der Waals surface area contributed by atoms with E-state index in [4.69, 9.17) is 5.73 Å². The summed E-state index contributed by atoms with van der Waals surface area (Å²) >= 11 is 0. The van der Waals surface area contributed by atoms with Crippen LogP contribution in [0.3, 0.4) is 0 Å². The van der Waals surface area contributed by atoms with Crippen LogP contribution in [0.15, 0.2) is 42.9 Å². The van der Waals surface area contributed by atoms with Crippen molar-refractivity contribution in [2.75, 3.05) is 5.32 Å². The molecule has 0 saturated carbocycles. The molecule has 2 amide bonds. The Balaban J connectivity index is 1.92. The molecule has 1 heterocycles. The van der Waals surface area contributed by atoms with Crippen molar-refractivity contribution in [1.82, 2.24) is 15.3 Å². The molecule has 0 spiro atoms. The molecule has 4 N–H and O–H groups in total. The third-order valence-electron chi connectivity index (χ3n) is 2.88. The van der Waals surface area contributed by atoms with Crippen LogP contribution >= 0.6 is 0 Å². The Morgan fingerprint density at radius 1 is 1.30 bits per heavy atom. The van der Waals surface area contributed by atoms with Gasteiger partial charge in [0.2, 0.25) is 0 Å². The van der Waals surface area contributed by atoms with E-state index in [0.717, 1.165) is 11.3 Å². The van der Waals surface area contributed by atoms with Gasteiger partial charge in [0.1, 0.15) is 0 Å². The molecule has 1 unspecified atom stereocenters. The summed E-state index contributed by atoms with van der Waals surface area (Å²) in [7, 11) is 0. The fraction of sp³-hybridized carbons (Fsp3) is 0.214. The first-order valence-electron chi connectivity index (χ1n) is 6.30. The highest BCUT2D eigenvalue weighted by atomic mass is 16.2. The van der Waals surface area contributed by atoms with Crippen LogP contribution in [0.4, 0.5) is 10.5 Å². The number of urea groups is 1. The van der Waals surface area contributed by atoms with Crippen molar-refractivity contribution in [3.8, 4) is 0 Å². The minimum atomic E-state index is -0.563. The van der Waals surface area contributed by atoms with Crippen LogP contribution in [0.1, 0.15) is 24.2 Å². The van der Waals surface area contributed by atoms with Gasteiger partial charge in [-0.1, -0.05) is 12.1 Å². The van der Waals surface area contributed by atoms with E-state index in [9.17, 15) is 4.79 Å². The lowest BCUT2D eigenvalue weighted by Crippen LogP contribution is -2.20. The molecule has 6 nitrogen and oxygen atoms in total. The minimum absolute atomic E-state index is 0.166. The van der Waals surface area contributed by atoms with Crippen LogP contribution in [0.25, 0.3) is 0 Å². The number of nitrogens with two attached hydrogens (primary N) is 1. The number of hydrogen-bond donors (Lipinski definition) is 3. The zero-order valence-corrected chi connectivity index (χ0v) is 11.2. The summed E-state index contributed by atoms with van der Waals surface area (Å²) in [5.74, 6) is 0. The SMILES string of the molecule is CC(NCc1cnccn1)c1ccc(NC(N)=O)cc1. The van der Waals surface area contributed by atoms with E-state index in [2.05, 4.69) is 27.5 Å². The Morgan fingerprint density at radius 3 is 2.65 bits per heavy atom. The quantitative estimate of drug-likeness (QED) is 0.773. The molecule has 6 heteroatoms. The molecule has 1 aromatic heterocycles. The number of primary amides is 1. The summed E-state index contributed by atoms with van der Waals surface area (Å²) in [6.45, 7) is 2.71. The lowest BCUT2D eigenvalue weighted by Gasteiger charge is -2.14. The number of anilines is 1. The molecule has 2 aromatic rings. The van der Waals surface area contributed by atoms with Crippen LogP contribution < -0.4 is 16.4 Å². The molecule has 104 valence electrons. The van der Waals surface area contributed by atoms with E-state index < -0.39 is 6.03 Å².